The molecule has 0 spiro atoms. The summed E-state index contributed by atoms with van der Waals surface area (Å²) in [7, 11) is 0. The molecule has 2 unspecified atom stereocenters. The van der Waals surface area contributed by atoms with Gasteiger partial charge < -0.3 is 21.1 Å². The lowest BCUT2D eigenvalue weighted by Crippen LogP contribution is -2.39. The topological polar surface area (TPSA) is 76.4 Å². The average molecular weight is 325 g/mol. The van der Waals surface area contributed by atoms with Crippen molar-refractivity contribution in [1.82, 2.24) is 10.6 Å². The third kappa shape index (κ3) is 4.34. The minimum atomic E-state index is -0.112. The molecule has 126 valence electrons. The molecule has 3 rings (SSSR count). The first kappa shape index (κ1) is 16.5. The summed E-state index contributed by atoms with van der Waals surface area (Å²) in [6.45, 7) is 1.36. The van der Waals surface area contributed by atoms with Gasteiger partial charge in [0.1, 0.15) is 12.4 Å². The minimum Gasteiger partial charge on any atom is -0.492 e. The summed E-state index contributed by atoms with van der Waals surface area (Å²) < 4.78 is 5.93. The van der Waals surface area contributed by atoms with E-state index in [4.69, 9.17) is 10.5 Å². The zero-order valence-electron chi connectivity index (χ0n) is 13.6. The van der Waals surface area contributed by atoms with E-state index < -0.39 is 0 Å². The molecule has 2 aromatic rings. The van der Waals surface area contributed by atoms with Crippen LogP contribution in [0.15, 0.2) is 54.6 Å². The van der Waals surface area contributed by atoms with E-state index in [1.807, 2.05) is 30.3 Å². The van der Waals surface area contributed by atoms with Crippen LogP contribution < -0.4 is 21.1 Å². The van der Waals surface area contributed by atoms with Crippen LogP contribution in [0.4, 0.5) is 0 Å². The summed E-state index contributed by atoms with van der Waals surface area (Å²) in [6.07, 6.45) is 0.851. The lowest BCUT2D eigenvalue weighted by atomic mass is 10.1. The number of nitrogens with two attached hydrogens (primary N) is 1. The summed E-state index contributed by atoms with van der Waals surface area (Å²) in [5.74, 6) is 0.742. The van der Waals surface area contributed by atoms with Crippen molar-refractivity contribution in [2.24, 2.45) is 5.73 Å². The predicted octanol–water partition coefficient (Wildman–Crippen LogP) is 1.54. The Balaban J connectivity index is 1.53. The molecule has 1 aliphatic rings. The number of hydrogen-bond acceptors (Lipinski definition) is 4. The van der Waals surface area contributed by atoms with Crippen molar-refractivity contribution in [2.75, 3.05) is 19.7 Å². The molecule has 0 radical (unpaired) electrons. The maximum Gasteiger partial charge on any atom is 0.233 e. The zero-order chi connectivity index (χ0) is 16.8. The highest BCUT2D eigenvalue weighted by Gasteiger charge is 2.25. The summed E-state index contributed by atoms with van der Waals surface area (Å²) in [4.78, 5) is 11.3. The van der Waals surface area contributed by atoms with Crippen molar-refractivity contribution in [3.8, 4) is 16.9 Å². The maximum atomic E-state index is 11.3. The van der Waals surface area contributed by atoms with Crippen molar-refractivity contribution in [3.05, 3.63) is 54.6 Å². The highest BCUT2D eigenvalue weighted by Crippen LogP contribution is 2.24. The summed E-state index contributed by atoms with van der Waals surface area (Å²) in [5.41, 5.74) is 7.64. The molecule has 0 aliphatic carbocycles. The Hall–Kier alpha value is -2.37. The Morgan fingerprint density at radius 2 is 1.96 bits per heavy atom. The third-order valence-electron chi connectivity index (χ3n) is 4.16. The van der Waals surface area contributed by atoms with Crippen LogP contribution in [0.3, 0.4) is 0 Å². The summed E-state index contributed by atoms with van der Waals surface area (Å²) in [6, 6.07) is 18.7. The Morgan fingerprint density at radius 1 is 1.17 bits per heavy atom. The Labute approximate surface area is 142 Å². The number of carbonyl (C=O) groups excluding carboxylic acids is 1. The van der Waals surface area contributed by atoms with Crippen molar-refractivity contribution in [3.63, 3.8) is 0 Å². The first-order valence-corrected chi connectivity index (χ1v) is 8.25. The van der Waals surface area contributed by atoms with Crippen LogP contribution in [0, 0.1) is 0 Å². The maximum absolute atomic E-state index is 11.3. The molecule has 0 saturated carbocycles. The van der Waals surface area contributed by atoms with E-state index in [1.54, 1.807) is 0 Å². The van der Waals surface area contributed by atoms with Gasteiger partial charge in [0, 0.05) is 18.6 Å². The smallest absolute Gasteiger partial charge is 0.233 e. The van der Waals surface area contributed by atoms with Gasteiger partial charge in [0.05, 0.1) is 6.54 Å². The molecule has 1 fully saturated rings. The lowest BCUT2D eigenvalue weighted by molar-refractivity contribution is -0.120. The van der Waals surface area contributed by atoms with Gasteiger partial charge >= 0.3 is 0 Å². The predicted molar refractivity (Wildman–Crippen MR) is 94.8 cm³/mol. The van der Waals surface area contributed by atoms with Crippen LogP contribution in [0.1, 0.15) is 6.42 Å². The second kappa shape index (κ2) is 7.95. The van der Waals surface area contributed by atoms with Gasteiger partial charge in [-0.3, -0.25) is 4.79 Å². The van der Waals surface area contributed by atoms with Crippen LogP contribution in [-0.2, 0) is 4.79 Å². The number of carbonyl (C=O) groups is 1. The average Bonchev–Trinajstić information content (AvgIpc) is 3.08. The van der Waals surface area contributed by atoms with Crippen molar-refractivity contribution >= 4 is 5.91 Å². The first-order chi connectivity index (χ1) is 11.7. The molecule has 1 amide bonds. The van der Waals surface area contributed by atoms with E-state index in [9.17, 15) is 4.79 Å². The van der Waals surface area contributed by atoms with Crippen molar-refractivity contribution in [1.29, 1.82) is 0 Å². The molecule has 1 saturated heterocycles. The summed E-state index contributed by atoms with van der Waals surface area (Å²) in [5, 5.41) is 6.28. The molecular formula is C19H23N3O2. The van der Waals surface area contributed by atoms with Crippen LogP contribution in [0.2, 0.25) is 0 Å². The second-order valence-electron chi connectivity index (χ2n) is 6.01. The van der Waals surface area contributed by atoms with Gasteiger partial charge in [0.25, 0.3) is 0 Å². The number of benzene rings is 2. The fourth-order valence-corrected chi connectivity index (χ4v) is 2.94. The molecule has 2 aromatic carbocycles. The molecule has 0 bridgehead atoms. The molecule has 5 nitrogen and oxygen atoms in total. The van der Waals surface area contributed by atoms with E-state index >= 15 is 0 Å². The monoisotopic (exact) mass is 325 g/mol. The number of rotatable bonds is 6. The van der Waals surface area contributed by atoms with Crippen LogP contribution in [0.25, 0.3) is 11.1 Å². The van der Waals surface area contributed by atoms with Gasteiger partial charge in [0.15, 0.2) is 0 Å². The summed E-state index contributed by atoms with van der Waals surface area (Å²) >= 11 is 0. The van der Waals surface area contributed by atoms with Crippen molar-refractivity contribution < 1.29 is 9.53 Å². The van der Waals surface area contributed by atoms with E-state index in [2.05, 4.69) is 34.9 Å². The Bertz CT molecular complexity index is 675. The molecule has 2 atom stereocenters. The minimum absolute atomic E-state index is 0.0317. The SMILES string of the molecule is NCC(=O)NC1CNC(COc2cccc(-c3ccccc3)c2)C1. The van der Waals surface area contributed by atoms with Gasteiger partial charge in [-0.05, 0) is 29.7 Å². The van der Waals surface area contributed by atoms with Gasteiger partial charge in [-0.15, -0.1) is 0 Å². The lowest BCUT2D eigenvalue weighted by Gasteiger charge is -2.14. The largest absolute Gasteiger partial charge is 0.492 e. The molecule has 1 aliphatic heterocycles. The number of ether oxygens (including phenoxy) is 1. The Morgan fingerprint density at radius 3 is 2.75 bits per heavy atom. The number of hydrogen-bond donors (Lipinski definition) is 3. The molecule has 4 N–H and O–H groups in total. The number of amides is 1. The van der Waals surface area contributed by atoms with Gasteiger partial charge in [-0.1, -0.05) is 42.5 Å². The van der Waals surface area contributed by atoms with Crippen molar-refractivity contribution in [2.45, 2.75) is 18.5 Å². The quantitative estimate of drug-likeness (QED) is 0.753. The fourth-order valence-electron chi connectivity index (χ4n) is 2.94. The van der Waals surface area contributed by atoms with Crippen LogP contribution in [0.5, 0.6) is 5.75 Å². The fraction of sp³-hybridized carbons (Fsp3) is 0.316. The van der Waals surface area contributed by atoms with Crippen LogP contribution >= 0.6 is 0 Å². The first-order valence-electron chi connectivity index (χ1n) is 8.25. The normalized spacial score (nSPS) is 19.9. The van der Waals surface area contributed by atoms with Gasteiger partial charge in [-0.2, -0.15) is 0 Å². The second-order valence-corrected chi connectivity index (χ2v) is 6.01. The van der Waals surface area contributed by atoms with Crippen LogP contribution in [-0.4, -0.2) is 37.7 Å². The van der Waals surface area contributed by atoms with Gasteiger partial charge in [-0.25, -0.2) is 0 Å². The number of nitrogens with one attached hydrogen (secondary N) is 2. The Kier molecular flexibility index (Phi) is 5.46. The van der Waals surface area contributed by atoms with E-state index in [0.717, 1.165) is 24.3 Å². The molecule has 0 aromatic heterocycles. The van der Waals surface area contributed by atoms with E-state index in [1.165, 1.54) is 5.56 Å². The molecule has 5 heteroatoms. The highest BCUT2D eigenvalue weighted by atomic mass is 16.5. The van der Waals surface area contributed by atoms with Gasteiger partial charge in [0.2, 0.25) is 5.91 Å². The molecular weight excluding hydrogens is 302 g/mol. The van der Waals surface area contributed by atoms with E-state index in [0.29, 0.717) is 6.61 Å². The zero-order valence-corrected chi connectivity index (χ0v) is 13.6. The highest BCUT2D eigenvalue weighted by molar-refractivity contribution is 5.78. The standard InChI is InChI=1S/C19H23N3O2/c20-11-19(23)22-16-10-17(21-12-16)13-24-18-8-4-7-15(9-18)14-5-2-1-3-6-14/h1-9,16-17,21H,10-13,20H2,(H,22,23). The van der Waals surface area contributed by atoms with E-state index in [-0.39, 0.29) is 24.5 Å². The third-order valence-corrected chi connectivity index (χ3v) is 4.16. The molecule has 1 heterocycles. The molecule has 24 heavy (non-hydrogen) atoms.